The van der Waals surface area contributed by atoms with Gasteiger partial charge < -0.3 is 24.1 Å². The molecular formula is C18H30O5. The molecule has 2 heterocycles. The summed E-state index contributed by atoms with van der Waals surface area (Å²) in [4.78, 5) is 0. The molecule has 2 saturated heterocycles. The van der Waals surface area contributed by atoms with Crippen LogP contribution in [0.25, 0.3) is 0 Å². The average molecular weight is 326 g/mol. The second-order valence-corrected chi connectivity index (χ2v) is 7.76. The quantitative estimate of drug-likeness (QED) is 0.864. The highest BCUT2D eigenvalue weighted by atomic mass is 16.8. The van der Waals surface area contributed by atoms with Gasteiger partial charge >= 0.3 is 0 Å². The Morgan fingerprint density at radius 1 is 0.783 bits per heavy atom. The van der Waals surface area contributed by atoms with Crippen molar-refractivity contribution in [2.75, 3.05) is 13.2 Å². The van der Waals surface area contributed by atoms with E-state index in [1.54, 1.807) is 0 Å². The summed E-state index contributed by atoms with van der Waals surface area (Å²) in [6, 6.07) is 0. The molecule has 0 unspecified atom stereocenters. The Kier molecular flexibility index (Phi) is 4.67. The van der Waals surface area contributed by atoms with Crippen molar-refractivity contribution in [3.8, 4) is 0 Å². The lowest BCUT2D eigenvalue weighted by Crippen LogP contribution is -2.38. The molecule has 3 atom stereocenters. The van der Waals surface area contributed by atoms with Crippen LogP contribution in [0.1, 0.15) is 70.6 Å². The van der Waals surface area contributed by atoms with Crippen LogP contribution in [0.3, 0.4) is 0 Å². The monoisotopic (exact) mass is 326 g/mol. The molecular weight excluding hydrogens is 296 g/mol. The molecule has 0 aromatic carbocycles. The fourth-order valence-corrected chi connectivity index (χ4v) is 4.63. The van der Waals surface area contributed by atoms with Gasteiger partial charge in [0.2, 0.25) is 0 Å². The molecule has 2 saturated carbocycles. The van der Waals surface area contributed by atoms with Crippen molar-refractivity contribution in [2.24, 2.45) is 0 Å². The maximum Gasteiger partial charge on any atom is 0.169 e. The molecule has 4 fully saturated rings. The normalized spacial score (nSPS) is 37.4. The number of rotatable bonds is 3. The maximum absolute atomic E-state index is 10.6. The van der Waals surface area contributed by atoms with E-state index in [-0.39, 0.29) is 18.0 Å². The fraction of sp³-hybridized carbons (Fsp3) is 1.00. The minimum absolute atomic E-state index is 0.0189. The predicted molar refractivity (Wildman–Crippen MR) is 83.9 cm³/mol. The first-order chi connectivity index (χ1) is 11.2. The molecule has 5 heteroatoms. The molecule has 132 valence electrons. The van der Waals surface area contributed by atoms with Gasteiger partial charge in [0.1, 0.15) is 6.10 Å². The number of ether oxygens (including phenoxy) is 4. The third kappa shape index (κ3) is 3.45. The third-order valence-corrected chi connectivity index (χ3v) is 5.95. The van der Waals surface area contributed by atoms with Gasteiger partial charge in [0.05, 0.1) is 25.4 Å². The number of aliphatic hydroxyl groups excluding tert-OH is 1. The summed E-state index contributed by atoms with van der Waals surface area (Å²) in [5, 5.41) is 10.6. The molecule has 0 aromatic heterocycles. The zero-order chi connectivity index (χ0) is 15.8. The van der Waals surface area contributed by atoms with Gasteiger partial charge in [-0.3, -0.25) is 0 Å². The van der Waals surface area contributed by atoms with Crippen LogP contribution in [0.4, 0.5) is 0 Å². The SMILES string of the molecule is O[C@@H](C[C@H]1COC2(CCCCC2)O1)[C@H]1COC2(CCCCC2)O1. The van der Waals surface area contributed by atoms with Crippen molar-refractivity contribution >= 4 is 0 Å². The van der Waals surface area contributed by atoms with Crippen LogP contribution >= 0.6 is 0 Å². The zero-order valence-electron chi connectivity index (χ0n) is 14.0. The lowest BCUT2D eigenvalue weighted by Gasteiger charge is -2.33. The molecule has 0 amide bonds. The average Bonchev–Trinajstić information content (AvgIpc) is 3.14. The van der Waals surface area contributed by atoms with Crippen LogP contribution < -0.4 is 0 Å². The largest absolute Gasteiger partial charge is 0.390 e. The summed E-state index contributed by atoms with van der Waals surface area (Å²) in [7, 11) is 0. The predicted octanol–water partition coefficient (Wildman–Crippen LogP) is 2.89. The minimum atomic E-state index is -0.538. The Balaban J connectivity index is 1.28. The highest BCUT2D eigenvalue weighted by Crippen LogP contribution is 2.41. The lowest BCUT2D eigenvalue weighted by molar-refractivity contribution is -0.202. The van der Waals surface area contributed by atoms with Gasteiger partial charge in [-0.15, -0.1) is 0 Å². The van der Waals surface area contributed by atoms with Crippen molar-refractivity contribution < 1.29 is 24.1 Å². The molecule has 4 rings (SSSR count). The Hall–Kier alpha value is -0.200. The van der Waals surface area contributed by atoms with E-state index in [0.717, 1.165) is 38.5 Å². The number of hydrogen-bond acceptors (Lipinski definition) is 5. The van der Waals surface area contributed by atoms with Crippen LogP contribution in [-0.4, -0.2) is 48.2 Å². The van der Waals surface area contributed by atoms with Crippen molar-refractivity contribution in [3.05, 3.63) is 0 Å². The second kappa shape index (κ2) is 6.60. The van der Waals surface area contributed by atoms with Gasteiger partial charge in [-0.25, -0.2) is 0 Å². The molecule has 1 N–H and O–H groups in total. The summed E-state index contributed by atoms with van der Waals surface area (Å²) in [6.45, 7) is 1.09. The molecule has 4 aliphatic rings. The van der Waals surface area contributed by atoms with Crippen molar-refractivity contribution in [1.82, 2.24) is 0 Å². The molecule has 23 heavy (non-hydrogen) atoms. The minimum Gasteiger partial charge on any atom is -0.390 e. The van der Waals surface area contributed by atoms with E-state index < -0.39 is 11.9 Å². The lowest BCUT2D eigenvalue weighted by atomic mass is 9.94. The van der Waals surface area contributed by atoms with E-state index in [1.165, 1.54) is 25.7 Å². The summed E-state index contributed by atoms with van der Waals surface area (Å²) in [5.74, 6) is -0.776. The van der Waals surface area contributed by atoms with E-state index in [1.807, 2.05) is 0 Å². The summed E-state index contributed by atoms with van der Waals surface area (Å²) >= 11 is 0. The summed E-state index contributed by atoms with van der Waals surface area (Å²) in [6.07, 6.45) is 10.9. The smallest absolute Gasteiger partial charge is 0.169 e. The van der Waals surface area contributed by atoms with Gasteiger partial charge in [0.25, 0.3) is 0 Å². The Morgan fingerprint density at radius 2 is 1.35 bits per heavy atom. The van der Waals surface area contributed by atoms with Gasteiger partial charge in [0, 0.05) is 32.1 Å². The van der Waals surface area contributed by atoms with Crippen LogP contribution in [-0.2, 0) is 18.9 Å². The van der Waals surface area contributed by atoms with E-state index in [0.29, 0.717) is 19.6 Å². The van der Waals surface area contributed by atoms with E-state index in [4.69, 9.17) is 18.9 Å². The van der Waals surface area contributed by atoms with Gasteiger partial charge in [-0.1, -0.05) is 12.8 Å². The molecule has 2 spiro atoms. The van der Waals surface area contributed by atoms with Crippen LogP contribution in [0.5, 0.6) is 0 Å². The molecule has 0 bridgehead atoms. The van der Waals surface area contributed by atoms with Crippen molar-refractivity contribution in [3.63, 3.8) is 0 Å². The Labute approximate surface area is 138 Å². The standard InChI is InChI=1S/C18H30O5/c19-15(16-13-21-18(23-16)9-5-2-6-10-18)11-14-12-20-17(22-14)7-3-1-4-8-17/h14-16,19H,1-13H2/t14-,15-,16+/m0/s1. The fourth-order valence-electron chi connectivity index (χ4n) is 4.63. The molecule has 2 aliphatic carbocycles. The Bertz CT molecular complexity index is 400. The van der Waals surface area contributed by atoms with Crippen LogP contribution in [0.15, 0.2) is 0 Å². The molecule has 2 aliphatic heterocycles. The first-order valence-corrected chi connectivity index (χ1v) is 9.50. The highest BCUT2D eigenvalue weighted by molar-refractivity contribution is 4.88. The number of aliphatic hydroxyl groups is 1. The van der Waals surface area contributed by atoms with Crippen molar-refractivity contribution in [2.45, 2.75) is 101 Å². The highest BCUT2D eigenvalue weighted by Gasteiger charge is 2.47. The summed E-state index contributed by atoms with van der Waals surface area (Å²) < 4.78 is 24.2. The van der Waals surface area contributed by atoms with Gasteiger partial charge in [0.15, 0.2) is 11.6 Å². The third-order valence-electron chi connectivity index (χ3n) is 5.95. The number of hydrogen-bond donors (Lipinski definition) is 1. The summed E-state index contributed by atoms with van der Waals surface area (Å²) in [5.41, 5.74) is 0. The topological polar surface area (TPSA) is 57.2 Å². The second-order valence-electron chi connectivity index (χ2n) is 7.76. The molecule has 0 aromatic rings. The van der Waals surface area contributed by atoms with Crippen LogP contribution in [0, 0.1) is 0 Å². The molecule has 5 nitrogen and oxygen atoms in total. The van der Waals surface area contributed by atoms with E-state index in [9.17, 15) is 5.11 Å². The van der Waals surface area contributed by atoms with Crippen molar-refractivity contribution in [1.29, 1.82) is 0 Å². The molecule has 0 radical (unpaired) electrons. The van der Waals surface area contributed by atoms with Gasteiger partial charge in [-0.2, -0.15) is 0 Å². The van der Waals surface area contributed by atoms with Gasteiger partial charge in [-0.05, 0) is 25.7 Å². The van der Waals surface area contributed by atoms with E-state index >= 15 is 0 Å². The Morgan fingerprint density at radius 3 is 2.00 bits per heavy atom. The zero-order valence-corrected chi connectivity index (χ0v) is 14.0. The first-order valence-electron chi connectivity index (χ1n) is 9.50. The van der Waals surface area contributed by atoms with Crippen LogP contribution in [0.2, 0.25) is 0 Å². The first kappa shape index (κ1) is 16.3. The maximum atomic E-state index is 10.6. The van der Waals surface area contributed by atoms with E-state index in [2.05, 4.69) is 0 Å².